The fraction of sp³-hybridized carbons (Fsp3) is 0.250. The van der Waals surface area contributed by atoms with Gasteiger partial charge in [0.1, 0.15) is 11.9 Å². The topological polar surface area (TPSA) is 95.4 Å². The summed E-state index contributed by atoms with van der Waals surface area (Å²) in [5.41, 5.74) is -1.32. The quantitative estimate of drug-likeness (QED) is 0.863. The maximum atomic E-state index is 13.2. The molecule has 0 radical (unpaired) electrons. The molecule has 1 aliphatic heterocycles. The Morgan fingerprint density at radius 3 is 2.58 bits per heavy atom. The molecule has 26 heavy (non-hydrogen) atoms. The zero-order valence-corrected chi connectivity index (χ0v) is 13.2. The number of nitrogens with zero attached hydrogens (tertiary/aromatic N) is 3. The number of carboxylic acid groups (broad SMARTS) is 1. The normalized spacial score (nSPS) is 17.4. The lowest BCUT2D eigenvalue weighted by atomic mass is 10.1. The van der Waals surface area contributed by atoms with Crippen molar-refractivity contribution in [2.75, 3.05) is 16.8 Å². The summed E-state index contributed by atoms with van der Waals surface area (Å²) >= 11 is 0. The molecule has 1 unspecified atom stereocenters. The van der Waals surface area contributed by atoms with Crippen LogP contribution < -0.4 is 10.2 Å². The lowest BCUT2D eigenvalue weighted by molar-refractivity contribution is -0.137. The molecule has 0 spiro atoms. The fourth-order valence-corrected chi connectivity index (χ4v) is 2.69. The van der Waals surface area contributed by atoms with Gasteiger partial charge in [0.2, 0.25) is 5.91 Å². The maximum absolute atomic E-state index is 13.2. The lowest BCUT2D eigenvalue weighted by Gasteiger charge is -2.21. The summed E-state index contributed by atoms with van der Waals surface area (Å²) in [5.74, 6) is -1.60. The Morgan fingerprint density at radius 2 is 1.96 bits per heavy atom. The minimum atomic E-state index is -4.57. The zero-order chi connectivity index (χ0) is 18.9. The van der Waals surface area contributed by atoms with E-state index >= 15 is 0 Å². The van der Waals surface area contributed by atoms with E-state index in [0.717, 1.165) is 23.4 Å². The Labute approximate surface area is 145 Å². The first-order valence-corrected chi connectivity index (χ1v) is 7.57. The Kier molecular flexibility index (Phi) is 4.49. The van der Waals surface area contributed by atoms with E-state index < -0.39 is 29.7 Å². The minimum absolute atomic E-state index is 0.115. The van der Waals surface area contributed by atoms with Crippen molar-refractivity contribution in [1.82, 2.24) is 9.97 Å². The minimum Gasteiger partial charge on any atom is -0.476 e. The first-order valence-electron chi connectivity index (χ1n) is 7.57. The monoisotopic (exact) mass is 366 g/mol. The fourth-order valence-electron chi connectivity index (χ4n) is 2.69. The number of carbonyl (C=O) groups is 2. The highest BCUT2D eigenvalue weighted by Crippen LogP contribution is 2.38. The highest BCUT2D eigenvalue weighted by Gasteiger charge is 2.39. The van der Waals surface area contributed by atoms with E-state index in [-0.39, 0.29) is 30.2 Å². The van der Waals surface area contributed by atoms with Crippen LogP contribution in [0, 0.1) is 0 Å². The molecule has 10 heteroatoms. The smallest absolute Gasteiger partial charge is 0.418 e. The molecule has 1 aromatic carbocycles. The van der Waals surface area contributed by atoms with Gasteiger partial charge in [0, 0.05) is 6.54 Å². The molecule has 1 fully saturated rings. The highest BCUT2D eigenvalue weighted by molar-refractivity contribution is 6.01. The molecule has 1 aliphatic rings. The van der Waals surface area contributed by atoms with Crippen LogP contribution >= 0.6 is 0 Å². The number of aromatic nitrogens is 2. The number of carboxylic acids is 1. The molecular formula is C16H13F3N4O3. The average molecular weight is 366 g/mol. The Hall–Kier alpha value is -3.17. The summed E-state index contributed by atoms with van der Waals surface area (Å²) in [6.07, 6.45) is -2.11. The van der Waals surface area contributed by atoms with E-state index in [4.69, 9.17) is 5.11 Å². The number of halogens is 3. The second-order valence-corrected chi connectivity index (χ2v) is 5.58. The number of carbonyl (C=O) groups excluding carboxylic acids is 1. The standard InChI is InChI=1S/C16H13F3N4O3/c17-16(18,19)9-3-1-2-4-12(9)23-6-5-10(14(23)24)22-13-8-20-11(7-21-13)15(25)26/h1-4,7-8,10H,5-6H2,(H,21,22)(H,25,26). The largest absolute Gasteiger partial charge is 0.476 e. The van der Waals surface area contributed by atoms with Crippen LogP contribution in [0.15, 0.2) is 36.7 Å². The summed E-state index contributed by atoms with van der Waals surface area (Å²) in [7, 11) is 0. The van der Waals surface area contributed by atoms with Crippen molar-refractivity contribution >= 4 is 23.4 Å². The number of amides is 1. The van der Waals surface area contributed by atoms with Crippen molar-refractivity contribution in [3.63, 3.8) is 0 Å². The predicted molar refractivity (Wildman–Crippen MR) is 84.8 cm³/mol. The third-order valence-electron chi connectivity index (χ3n) is 3.90. The zero-order valence-electron chi connectivity index (χ0n) is 13.2. The van der Waals surface area contributed by atoms with Crippen molar-refractivity contribution < 1.29 is 27.9 Å². The number of para-hydroxylation sites is 1. The Bertz CT molecular complexity index is 839. The molecule has 7 nitrogen and oxygen atoms in total. The third-order valence-corrected chi connectivity index (χ3v) is 3.90. The number of aromatic carboxylic acids is 1. The van der Waals surface area contributed by atoms with Gasteiger partial charge in [0.05, 0.1) is 23.6 Å². The SMILES string of the molecule is O=C(O)c1cnc(NC2CCN(c3ccccc3C(F)(F)F)C2=O)cn1. The molecular weight excluding hydrogens is 353 g/mol. The van der Waals surface area contributed by atoms with E-state index in [1.165, 1.54) is 18.2 Å². The molecule has 2 N–H and O–H groups in total. The van der Waals surface area contributed by atoms with Crippen LogP contribution in [0.25, 0.3) is 0 Å². The number of hydrogen-bond donors (Lipinski definition) is 2. The summed E-state index contributed by atoms with van der Waals surface area (Å²) in [4.78, 5) is 31.9. The second-order valence-electron chi connectivity index (χ2n) is 5.58. The van der Waals surface area contributed by atoms with E-state index in [2.05, 4.69) is 15.3 Å². The van der Waals surface area contributed by atoms with Gasteiger partial charge in [-0.05, 0) is 18.6 Å². The van der Waals surface area contributed by atoms with Gasteiger partial charge in [-0.1, -0.05) is 12.1 Å². The number of benzene rings is 1. The van der Waals surface area contributed by atoms with Crippen LogP contribution in [0.2, 0.25) is 0 Å². The first kappa shape index (κ1) is 17.6. The number of hydrogen-bond acceptors (Lipinski definition) is 5. The molecule has 136 valence electrons. The van der Waals surface area contributed by atoms with Gasteiger partial charge in [-0.2, -0.15) is 13.2 Å². The molecule has 1 aromatic heterocycles. The third kappa shape index (κ3) is 3.44. The number of anilines is 2. The molecule has 0 saturated carbocycles. The molecule has 3 rings (SSSR count). The number of nitrogens with one attached hydrogen (secondary N) is 1. The number of rotatable bonds is 4. The molecule has 1 atom stereocenters. The van der Waals surface area contributed by atoms with E-state index in [1.807, 2.05) is 0 Å². The van der Waals surface area contributed by atoms with Crippen molar-refractivity contribution in [3.8, 4) is 0 Å². The molecule has 2 aromatic rings. The van der Waals surface area contributed by atoms with E-state index in [0.29, 0.717) is 0 Å². The highest BCUT2D eigenvalue weighted by atomic mass is 19.4. The van der Waals surface area contributed by atoms with Crippen molar-refractivity contribution in [1.29, 1.82) is 0 Å². The average Bonchev–Trinajstić information content (AvgIpc) is 2.95. The van der Waals surface area contributed by atoms with Crippen molar-refractivity contribution in [3.05, 3.63) is 47.9 Å². The van der Waals surface area contributed by atoms with Gasteiger partial charge in [-0.15, -0.1) is 0 Å². The Morgan fingerprint density at radius 1 is 1.23 bits per heavy atom. The summed E-state index contributed by atoms with van der Waals surface area (Å²) < 4.78 is 39.5. The summed E-state index contributed by atoms with van der Waals surface area (Å²) in [6.45, 7) is 0.115. The van der Waals surface area contributed by atoms with E-state index in [1.54, 1.807) is 0 Å². The van der Waals surface area contributed by atoms with Gasteiger partial charge in [0.15, 0.2) is 5.69 Å². The lowest BCUT2D eigenvalue weighted by Crippen LogP contribution is -2.34. The maximum Gasteiger partial charge on any atom is 0.418 e. The summed E-state index contributed by atoms with van der Waals surface area (Å²) in [6, 6.07) is 4.11. The molecule has 1 saturated heterocycles. The van der Waals surface area contributed by atoms with Crippen LogP contribution in [0.5, 0.6) is 0 Å². The second kappa shape index (κ2) is 6.62. The van der Waals surface area contributed by atoms with Gasteiger partial charge in [-0.3, -0.25) is 4.79 Å². The van der Waals surface area contributed by atoms with Crippen LogP contribution in [-0.2, 0) is 11.0 Å². The van der Waals surface area contributed by atoms with Gasteiger partial charge >= 0.3 is 12.1 Å². The first-order chi connectivity index (χ1) is 12.3. The van der Waals surface area contributed by atoms with Crippen LogP contribution in [0.3, 0.4) is 0 Å². The van der Waals surface area contributed by atoms with Gasteiger partial charge in [0.25, 0.3) is 0 Å². The van der Waals surface area contributed by atoms with Gasteiger partial charge < -0.3 is 15.3 Å². The van der Waals surface area contributed by atoms with Crippen LogP contribution in [-0.4, -0.2) is 39.5 Å². The molecule has 1 amide bonds. The predicted octanol–water partition coefficient (Wildman–Crippen LogP) is 2.41. The number of alkyl halides is 3. The summed E-state index contributed by atoms with van der Waals surface area (Å²) in [5, 5.41) is 11.6. The van der Waals surface area contributed by atoms with Gasteiger partial charge in [-0.25, -0.2) is 14.8 Å². The van der Waals surface area contributed by atoms with Crippen LogP contribution in [0.1, 0.15) is 22.5 Å². The molecule has 0 aliphatic carbocycles. The van der Waals surface area contributed by atoms with Crippen LogP contribution in [0.4, 0.5) is 24.7 Å². The van der Waals surface area contributed by atoms with E-state index in [9.17, 15) is 22.8 Å². The Balaban J connectivity index is 1.78. The van der Waals surface area contributed by atoms with Crippen molar-refractivity contribution in [2.45, 2.75) is 18.6 Å². The molecule has 0 bridgehead atoms. The molecule has 2 heterocycles. The van der Waals surface area contributed by atoms with Crippen molar-refractivity contribution in [2.24, 2.45) is 0 Å².